The lowest BCUT2D eigenvalue weighted by Crippen LogP contribution is -2.18. The molecule has 1 unspecified atom stereocenters. The largest absolute Gasteiger partial charge is 0.320 e. The van der Waals surface area contributed by atoms with Crippen LogP contribution in [0.1, 0.15) is 39.4 Å². The van der Waals surface area contributed by atoms with Crippen molar-refractivity contribution in [3.05, 3.63) is 68.2 Å². The van der Waals surface area contributed by atoms with Crippen molar-refractivity contribution in [2.24, 2.45) is 5.73 Å². The van der Waals surface area contributed by atoms with Crippen LogP contribution in [0.3, 0.4) is 0 Å². The third kappa shape index (κ3) is 2.81. The summed E-state index contributed by atoms with van der Waals surface area (Å²) in [4.78, 5) is 0. The van der Waals surface area contributed by atoms with Gasteiger partial charge in [0.15, 0.2) is 0 Å². The van der Waals surface area contributed by atoms with Gasteiger partial charge in [-0.05, 0) is 67.6 Å². The van der Waals surface area contributed by atoms with Gasteiger partial charge >= 0.3 is 0 Å². The van der Waals surface area contributed by atoms with Gasteiger partial charge in [0.25, 0.3) is 0 Å². The maximum absolute atomic E-state index is 14.1. The van der Waals surface area contributed by atoms with Crippen LogP contribution >= 0.6 is 11.6 Å². The minimum absolute atomic E-state index is 0.119. The van der Waals surface area contributed by atoms with Crippen LogP contribution in [0.2, 0.25) is 5.02 Å². The third-order valence-electron chi connectivity index (χ3n) is 4.11. The molecule has 0 aliphatic carbocycles. The molecule has 0 fully saturated rings. The summed E-state index contributed by atoms with van der Waals surface area (Å²) in [5.74, 6) is -1.25. The first-order chi connectivity index (χ1) is 9.73. The van der Waals surface area contributed by atoms with Gasteiger partial charge in [0.05, 0.1) is 11.1 Å². The van der Waals surface area contributed by atoms with Gasteiger partial charge in [0.1, 0.15) is 11.6 Å². The Morgan fingerprint density at radius 3 is 1.95 bits per heavy atom. The van der Waals surface area contributed by atoms with Gasteiger partial charge in [-0.3, -0.25) is 0 Å². The average Bonchev–Trinajstić information content (AvgIpc) is 2.40. The predicted molar refractivity (Wildman–Crippen MR) is 82.8 cm³/mol. The van der Waals surface area contributed by atoms with Gasteiger partial charge < -0.3 is 5.73 Å². The van der Waals surface area contributed by atoms with Crippen molar-refractivity contribution in [3.63, 3.8) is 0 Å². The van der Waals surface area contributed by atoms with E-state index in [0.717, 1.165) is 39.9 Å². The van der Waals surface area contributed by atoms with E-state index >= 15 is 0 Å². The molecule has 0 amide bonds. The van der Waals surface area contributed by atoms with E-state index in [9.17, 15) is 8.78 Å². The van der Waals surface area contributed by atoms with Gasteiger partial charge in [-0.25, -0.2) is 8.78 Å². The number of hydrogen-bond donors (Lipinski definition) is 1. The van der Waals surface area contributed by atoms with Crippen LogP contribution in [0.15, 0.2) is 18.2 Å². The summed E-state index contributed by atoms with van der Waals surface area (Å²) >= 11 is 5.59. The van der Waals surface area contributed by atoms with Crippen LogP contribution in [-0.4, -0.2) is 0 Å². The third-order valence-corrected chi connectivity index (χ3v) is 4.40. The molecule has 0 aromatic heterocycles. The molecule has 0 bridgehead atoms. The van der Waals surface area contributed by atoms with Gasteiger partial charge in [0.2, 0.25) is 0 Å². The Hall–Kier alpha value is -1.45. The summed E-state index contributed by atoms with van der Waals surface area (Å²) in [6.07, 6.45) is 0. The summed E-state index contributed by atoms with van der Waals surface area (Å²) < 4.78 is 27.7. The van der Waals surface area contributed by atoms with E-state index in [1.54, 1.807) is 0 Å². The second kappa shape index (κ2) is 5.74. The zero-order chi connectivity index (χ0) is 15.9. The first-order valence-electron chi connectivity index (χ1n) is 6.71. The fraction of sp³-hybridized carbons (Fsp3) is 0.294. The summed E-state index contributed by atoms with van der Waals surface area (Å²) in [6.45, 7) is 7.86. The molecule has 0 spiro atoms. The highest BCUT2D eigenvalue weighted by Crippen LogP contribution is 2.32. The quantitative estimate of drug-likeness (QED) is 0.784. The Kier molecular flexibility index (Phi) is 4.35. The fourth-order valence-corrected chi connectivity index (χ4v) is 2.80. The first-order valence-corrected chi connectivity index (χ1v) is 7.09. The van der Waals surface area contributed by atoms with E-state index in [1.165, 1.54) is 0 Å². The highest BCUT2D eigenvalue weighted by atomic mass is 35.5. The molecule has 1 atom stereocenters. The molecule has 2 rings (SSSR count). The van der Waals surface area contributed by atoms with Crippen LogP contribution in [0.5, 0.6) is 0 Å². The van der Waals surface area contributed by atoms with E-state index in [-0.39, 0.29) is 10.6 Å². The smallest absolute Gasteiger partial charge is 0.142 e. The SMILES string of the molecule is Cc1cc(C)c(C)c(C(N)c2cc(F)c(Cl)cc2F)c1C. The van der Waals surface area contributed by atoms with E-state index in [2.05, 4.69) is 6.07 Å². The lowest BCUT2D eigenvalue weighted by atomic mass is 9.87. The van der Waals surface area contributed by atoms with Gasteiger partial charge in [-0.15, -0.1) is 0 Å². The zero-order valence-electron chi connectivity index (χ0n) is 12.5. The molecule has 2 aromatic carbocycles. The van der Waals surface area contributed by atoms with E-state index in [1.807, 2.05) is 27.7 Å². The average molecular weight is 310 g/mol. The van der Waals surface area contributed by atoms with Crippen LogP contribution in [-0.2, 0) is 0 Å². The highest BCUT2D eigenvalue weighted by Gasteiger charge is 2.21. The van der Waals surface area contributed by atoms with Crippen molar-refractivity contribution >= 4 is 11.6 Å². The maximum Gasteiger partial charge on any atom is 0.142 e. The van der Waals surface area contributed by atoms with Crippen molar-refractivity contribution in [2.45, 2.75) is 33.7 Å². The number of aryl methyl sites for hydroxylation is 2. The number of halogens is 3. The second-order valence-corrected chi connectivity index (χ2v) is 5.85. The molecule has 0 saturated carbocycles. The summed E-state index contributed by atoms with van der Waals surface area (Å²) in [6, 6.07) is 3.40. The molecule has 21 heavy (non-hydrogen) atoms. The number of benzene rings is 2. The minimum atomic E-state index is -0.727. The molecule has 0 saturated heterocycles. The molecule has 4 heteroatoms. The molecule has 0 radical (unpaired) electrons. The molecule has 112 valence electrons. The monoisotopic (exact) mass is 309 g/mol. The predicted octanol–water partition coefficient (Wildman–Crippen LogP) is 4.90. The van der Waals surface area contributed by atoms with Gasteiger partial charge in [-0.2, -0.15) is 0 Å². The maximum atomic E-state index is 14.1. The lowest BCUT2D eigenvalue weighted by molar-refractivity contribution is 0.576. The number of hydrogen-bond acceptors (Lipinski definition) is 1. The first kappa shape index (κ1) is 15.9. The molecule has 2 aromatic rings. The summed E-state index contributed by atoms with van der Waals surface area (Å²) in [7, 11) is 0. The fourth-order valence-electron chi connectivity index (χ4n) is 2.65. The van der Waals surface area contributed by atoms with Crippen molar-refractivity contribution in [1.82, 2.24) is 0 Å². The minimum Gasteiger partial charge on any atom is -0.320 e. The van der Waals surface area contributed by atoms with Crippen LogP contribution in [0.4, 0.5) is 8.78 Å². The van der Waals surface area contributed by atoms with E-state index in [0.29, 0.717) is 0 Å². The molecule has 2 N–H and O–H groups in total. The Morgan fingerprint density at radius 1 is 0.905 bits per heavy atom. The highest BCUT2D eigenvalue weighted by molar-refractivity contribution is 6.30. The van der Waals surface area contributed by atoms with E-state index < -0.39 is 17.7 Å². The van der Waals surface area contributed by atoms with E-state index in [4.69, 9.17) is 17.3 Å². The molecule has 0 heterocycles. The Labute approximate surface area is 128 Å². The van der Waals surface area contributed by atoms with Crippen LogP contribution in [0, 0.1) is 39.3 Å². The molecule has 1 nitrogen and oxygen atoms in total. The van der Waals surface area contributed by atoms with Crippen LogP contribution in [0.25, 0.3) is 0 Å². The van der Waals surface area contributed by atoms with Crippen molar-refractivity contribution in [2.75, 3.05) is 0 Å². The van der Waals surface area contributed by atoms with Crippen LogP contribution < -0.4 is 5.73 Å². The second-order valence-electron chi connectivity index (χ2n) is 5.44. The number of nitrogens with two attached hydrogens (primary N) is 1. The van der Waals surface area contributed by atoms with Crippen molar-refractivity contribution in [1.29, 1.82) is 0 Å². The molecule has 0 aliphatic rings. The zero-order valence-corrected chi connectivity index (χ0v) is 13.3. The summed E-state index contributed by atoms with van der Waals surface area (Å²) in [5.41, 5.74) is 11.3. The molecule has 0 aliphatic heterocycles. The topological polar surface area (TPSA) is 26.0 Å². The Balaban J connectivity index is 2.66. The summed E-state index contributed by atoms with van der Waals surface area (Å²) in [5, 5.41) is -0.239. The normalized spacial score (nSPS) is 12.6. The molecular formula is C17H18ClF2N. The molecular weight excluding hydrogens is 292 g/mol. The number of rotatable bonds is 2. The van der Waals surface area contributed by atoms with Crippen molar-refractivity contribution in [3.8, 4) is 0 Å². The Morgan fingerprint density at radius 2 is 1.43 bits per heavy atom. The van der Waals surface area contributed by atoms with Gasteiger partial charge in [0, 0.05) is 5.56 Å². The van der Waals surface area contributed by atoms with Crippen molar-refractivity contribution < 1.29 is 8.78 Å². The lowest BCUT2D eigenvalue weighted by Gasteiger charge is -2.22. The van der Waals surface area contributed by atoms with Gasteiger partial charge in [-0.1, -0.05) is 17.7 Å². The standard InChI is InChI=1S/C17H18ClF2N/c1-8-5-9(2)11(4)16(10(8)3)17(21)12-6-15(20)13(18)7-14(12)19/h5-7,17H,21H2,1-4H3. The Bertz CT molecular complexity index is 684.